The number of alkyl halides is 12. The monoisotopic (exact) mass is 358 g/mol. The molecular formula is C9H6F12O. The van der Waals surface area contributed by atoms with Gasteiger partial charge < -0.3 is 0 Å². The summed E-state index contributed by atoms with van der Waals surface area (Å²) in [6.07, 6.45) is 0. The molecule has 0 spiro atoms. The fourth-order valence-corrected chi connectivity index (χ4v) is 1.03. The first-order valence-electron chi connectivity index (χ1n) is 4.97. The maximum absolute atomic E-state index is 12.9. The molecule has 0 rings (SSSR count). The quantitative estimate of drug-likeness (QED) is 0.643. The number of carbonyl (C=O) groups is 1. The third-order valence-corrected chi connectivity index (χ3v) is 2.46. The average molecular weight is 358 g/mol. The Hall–Kier alpha value is -1.17. The standard InChI is InChI=1S/C9H6F12O/c1-4(10,11)8(18,19)6(14,15)3(22)7(16,17)9(20,21)5(2,12)13/h1-2H3. The minimum absolute atomic E-state index is 0.904. The van der Waals surface area contributed by atoms with Crippen LogP contribution in [-0.2, 0) is 4.79 Å². The molecule has 0 aromatic rings. The SMILES string of the molecule is CC(F)(F)C(F)(F)C(F)(F)C(=O)C(F)(F)C(F)(F)C(C)(F)F. The molecule has 0 amide bonds. The van der Waals surface area contributed by atoms with Gasteiger partial charge in [0.15, 0.2) is 0 Å². The molecule has 0 unspecified atom stereocenters. The van der Waals surface area contributed by atoms with E-state index in [0.717, 1.165) is 0 Å². The minimum Gasteiger partial charge on any atom is -0.286 e. The molecule has 0 aliphatic heterocycles. The van der Waals surface area contributed by atoms with Crippen LogP contribution in [0.25, 0.3) is 0 Å². The zero-order valence-electron chi connectivity index (χ0n) is 10.4. The fraction of sp³-hybridized carbons (Fsp3) is 0.889. The Morgan fingerprint density at radius 1 is 0.545 bits per heavy atom. The molecule has 0 aromatic carbocycles. The highest BCUT2D eigenvalue weighted by Gasteiger charge is 2.82. The minimum atomic E-state index is -7.04. The summed E-state index contributed by atoms with van der Waals surface area (Å²) >= 11 is 0. The molecule has 22 heavy (non-hydrogen) atoms. The fourth-order valence-electron chi connectivity index (χ4n) is 1.03. The number of hydrogen-bond acceptors (Lipinski definition) is 1. The van der Waals surface area contributed by atoms with Crippen molar-refractivity contribution in [2.45, 2.75) is 49.4 Å². The Kier molecular flexibility index (Phi) is 4.65. The predicted octanol–water partition coefficient (Wildman–Crippen LogP) is 4.41. The highest BCUT2D eigenvalue weighted by atomic mass is 19.4. The van der Waals surface area contributed by atoms with E-state index in [9.17, 15) is 57.5 Å². The Balaban J connectivity index is 6.07. The van der Waals surface area contributed by atoms with Crippen LogP contribution in [0, 0.1) is 0 Å². The van der Waals surface area contributed by atoms with Gasteiger partial charge in [0.25, 0.3) is 5.78 Å². The van der Waals surface area contributed by atoms with Gasteiger partial charge >= 0.3 is 35.5 Å². The molecule has 0 saturated heterocycles. The van der Waals surface area contributed by atoms with Crippen molar-refractivity contribution < 1.29 is 57.5 Å². The molecule has 0 aromatic heterocycles. The zero-order valence-corrected chi connectivity index (χ0v) is 10.4. The molecule has 0 aliphatic carbocycles. The molecule has 0 saturated carbocycles. The lowest BCUT2D eigenvalue weighted by Gasteiger charge is -2.35. The molecule has 0 radical (unpaired) electrons. The van der Waals surface area contributed by atoms with Crippen LogP contribution in [-0.4, -0.2) is 41.3 Å². The van der Waals surface area contributed by atoms with Crippen LogP contribution in [0.4, 0.5) is 52.7 Å². The summed E-state index contributed by atoms with van der Waals surface area (Å²) in [5.41, 5.74) is 0. The molecule has 132 valence electrons. The van der Waals surface area contributed by atoms with Crippen molar-refractivity contribution in [3.8, 4) is 0 Å². The Bertz CT molecular complexity index is 400. The third-order valence-electron chi connectivity index (χ3n) is 2.46. The van der Waals surface area contributed by atoms with Crippen molar-refractivity contribution in [3.63, 3.8) is 0 Å². The lowest BCUT2D eigenvalue weighted by atomic mass is 9.92. The van der Waals surface area contributed by atoms with Crippen LogP contribution >= 0.6 is 0 Å². The number of rotatable bonds is 6. The van der Waals surface area contributed by atoms with Crippen LogP contribution < -0.4 is 0 Å². The molecule has 0 fully saturated rings. The second-order valence-corrected chi connectivity index (χ2v) is 4.40. The van der Waals surface area contributed by atoms with E-state index < -0.39 is 55.2 Å². The molecule has 0 atom stereocenters. The van der Waals surface area contributed by atoms with Crippen LogP contribution in [0.3, 0.4) is 0 Å². The largest absolute Gasteiger partial charge is 0.379 e. The highest BCUT2D eigenvalue weighted by molar-refractivity contribution is 5.94. The van der Waals surface area contributed by atoms with E-state index >= 15 is 0 Å². The topological polar surface area (TPSA) is 17.1 Å². The van der Waals surface area contributed by atoms with Crippen molar-refractivity contribution >= 4 is 5.78 Å². The van der Waals surface area contributed by atoms with E-state index in [4.69, 9.17) is 0 Å². The number of ketones is 1. The zero-order chi connectivity index (χ0) is 18.6. The lowest BCUT2D eigenvalue weighted by molar-refractivity contribution is -0.321. The first-order chi connectivity index (χ1) is 9.15. The van der Waals surface area contributed by atoms with Gasteiger partial charge in [-0.15, -0.1) is 0 Å². The van der Waals surface area contributed by atoms with E-state index in [-0.39, 0.29) is 0 Å². The summed E-state index contributed by atoms with van der Waals surface area (Å²) in [5.74, 6) is -44.0. The van der Waals surface area contributed by atoms with E-state index in [0.29, 0.717) is 0 Å². The molecule has 0 heterocycles. The van der Waals surface area contributed by atoms with Gasteiger partial charge in [0.1, 0.15) is 0 Å². The maximum Gasteiger partial charge on any atom is 0.379 e. The summed E-state index contributed by atoms with van der Waals surface area (Å²) in [5, 5.41) is 0. The first kappa shape index (κ1) is 20.8. The third kappa shape index (κ3) is 2.73. The molecule has 1 nitrogen and oxygen atoms in total. The molecule has 0 aliphatic rings. The van der Waals surface area contributed by atoms with Crippen LogP contribution in [0.1, 0.15) is 13.8 Å². The number of carbonyl (C=O) groups excluding carboxylic acids is 1. The summed E-state index contributed by atoms with van der Waals surface area (Å²) < 4.78 is 151. The molecule has 13 heteroatoms. The van der Waals surface area contributed by atoms with Gasteiger partial charge in [0.05, 0.1) is 0 Å². The molecule has 0 bridgehead atoms. The average Bonchev–Trinajstić information content (AvgIpc) is 2.24. The number of Topliss-reactive ketones (excluding diaryl/α,β-unsaturated/α-hetero) is 1. The van der Waals surface area contributed by atoms with Gasteiger partial charge in [-0.2, -0.15) is 52.7 Å². The van der Waals surface area contributed by atoms with E-state index in [1.807, 2.05) is 0 Å². The normalized spacial score (nSPS) is 15.9. The van der Waals surface area contributed by atoms with Crippen molar-refractivity contribution in [3.05, 3.63) is 0 Å². The Morgan fingerprint density at radius 2 is 0.727 bits per heavy atom. The lowest BCUT2D eigenvalue weighted by Crippen LogP contribution is -2.66. The van der Waals surface area contributed by atoms with Gasteiger partial charge in [0.2, 0.25) is 0 Å². The summed E-state index contributed by atoms with van der Waals surface area (Å²) in [6, 6.07) is 0. The van der Waals surface area contributed by atoms with Crippen LogP contribution in [0.15, 0.2) is 0 Å². The highest BCUT2D eigenvalue weighted by Crippen LogP contribution is 2.53. The molecular weight excluding hydrogens is 352 g/mol. The van der Waals surface area contributed by atoms with Crippen molar-refractivity contribution in [2.24, 2.45) is 0 Å². The smallest absolute Gasteiger partial charge is 0.286 e. The van der Waals surface area contributed by atoms with E-state index in [1.54, 1.807) is 0 Å². The second kappa shape index (κ2) is 4.91. The summed E-state index contributed by atoms with van der Waals surface area (Å²) in [4.78, 5) is 10.5. The van der Waals surface area contributed by atoms with Crippen molar-refractivity contribution in [1.82, 2.24) is 0 Å². The van der Waals surface area contributed by atoms with Crippen molar-refractivity contribution in [1.29, 1.82) is 0 Å². The second-order valence-electron chi connectivity index (χ2n) is 4.40. The Labute approximate surface area is 114 Å². The van der Waals surface area contributed by atoms with Gasteiger partial charge in [0, 0.05) is 13.8 Å². The van der Waals surface area contributed by atoms with Gasteiger partial charge in [-0.25, -0.2) is 0 Å². The number of hydrogen-bond donors (Lipinski definition) is 0. The summed E-state index contributed by atoms with van der Waals surface area (Å²) in [6.45, 7) is -1.81. The van der Waals surface area contributed by atoms with Gasteiger partial charge in [-0.05, 0) is 0 Å². The van der Waals surface area contributed by atoms with Gasteiger partial charge in [-0.1, -0.05) is 0 Å². The van der Waals surface area contributed by atoms with Crippen LogP contribution in [0.5, 0.6) is 0 Å². The van der Waals surface area contributed by atoms with Crippen molar-refractivity contribution in [2.75, 3.05) is 0 Å². The van der Waals surface area contributed by atoms with E-state index in [2.05, 4.69) is 0 Å². The first-order valence-corrected chi connectivity index (χ1v) is 4.97. The van der Waals surface area contributed by atoms with Crippen LogP contribution in [0.2, 0.25) is 0 Å². The Morgan fingerprint density at radius 3 is 0.864 bits per heavy atom. The van der Waals surface area contributed by atoms with Gasteiger partial charge in [-0.3, -0.25) is 4.79 Å². The molecule has 0 N–H and O–H groups in total. The summed E-state index contributed by atoms with van der Waals surface area (Å²) in [7, 11) is 0. The predicted molar refractivity (Wildman–Crippen MR) is 46.0 cm³/mol. The van der Waals surface area contributed by atoms with E-state index in [1.165, 1.54) is 0 Å². The maximum atomic E-state index is 12.9. The number of halogens is 12.